The Balaban J connectivity index is 1.50. The van der Waals surface area contributed by atoms with Crippen LogP contribution in [0.15, 0.2) is 62.6 Å². The van der Waals surface area contributed by atoms with Crippen LogP contribution >= 0.6 is 39.3 Å². The summed E-state index contributed by atoms with van der Waals surface area (Å²) >= 11 is 10.7. The summed E-state index contributed by atoms with van der Waals surface area (Å²) in [4.78, 5) is 0. The molecule has 3 aromatic rings. The Morgan fingerprint density at radius 1 is 1.13 bits per heavy atom. The van der Waals surface area contributed by atoms with Crippen molar-refractivity contribution in [1.82, 2.24) is 10.2 Å². The number of hydrogen-bond donors (Lipinski definition) is 0. The van der Waals surface area contributed by atoms with Crippen molar-refractivity contribution in [3.05, 3.63) is 58.0 Å². The average Bonchev–Trinajstić information content (AvgIpc) is 3.02. The van der Waals surface area contributed by atoms with Gasteiger partial charge >= 0.3 is 0 Å². The van der Waals surface area contributed by atoms with Crippen LogP contribution in [0.4, 0.5) is 0 Å². The zero-order valence-corrected chi connectivity index (χ0v) is 15.1. The van der Waals surface area contributed by atoms with Gasteiger partial charge in [0, 0.05) is 20.8 Å². The minimum Gasteiger partial charge on any atom is -0.493 e. The third-order valence-corrected chi connectivity index (χ3v) is 4.40. The summed E-state index contributed by atoms with van der Waals surface area (Å²) < 4.78 is 12.2. The van der Waals surface area contributed by atoms with Crippen LogP contribution in [0.1, 0.15) is 0 Å². The van der Waals surface area contributed by atoms with Crippen molar-refractivity contribution in [1.29, 1.82) is 0 Å². The van der Waals surface area contributed by atoms with Crippen LogP contribution in [0.5, 0.6) is 5.75 Å². The number of nitrogens with zero attached hydrogens (tertiary/aromatic N) is 2. The Hall–Kier alpha value is -1.50. The lowest BCUT2D eigenvalue weighted by atomic mass is 10.2. The van der Waals surface area contributed by atoms with Crippen LogP contribution in [0.2, 0.25) is 5.02 Å². The van der Waals surface area contributed by atoms with E-state index in [4.69, 9.17) is 20.8 Å². The summed E-state index contributed by atoms with van der Waals surface area (Å²) in [5.41, 5.74) is 0.885. The molecule has 0 N–H and O–H groups in total. The largest absolute Gasteiger partial charge is 0.493 e. The molecular formula is C16H12BrClN2O2S. The van der Waals surface area contributed by atoms with E-state index in [1.54, 1.807) is 12.1 Å². The van der Waals surface area contributed by atoms with Crippen LogP contribution in [0.3, 0.4) is 0 Å². The molecule has 3 rings (SSSR count). The maximum Gasteiger partial charge on any atom is 0.276 e. The summed E-state index contributed by atoms with van der Waals surface area (Å²) in [6, 6.07) is 15.0. The lowest BCUT2D eigenvalue weighted by molar-refractivity contribution is 0.343. The summed E-state index contributed by atoms with van der Waals surface area (Å²) in [6.45, 7) is 0.543. The van der Waals surface area contributed by atoms with Crippen LogP contribution in [-0.2, 0) is 0 Å². The quantitative estimate of drug-likeness (QED) is 0.405. The molecule has 2 aromatic carbocycles. The number of rotatable bonds is 6. The fraction of sp³-hybridized carbons (Fsp3) is 0.125. The Labute approximate surface area is 151 Å². The molecule has 0 spiro atoms. The van der Waals surface area contributed by atoms with Crippen molar-refractivity contribution >= 4 is 39.3 Å². The molecule has 0 bridgehead atoms. The van der Waals surface area contributed by atoms with E-state index in [0.717, 1.165) is 15.8 Å². The summed E-state index contributed by atoms with van der Waals surface area (Å²) in [5.74, 6) is 2.01. The minimum atomic E-state index is 0.507. The van der Waals surface area contributed by atoms with Gasteiger partial charge in [0.25, 0.3) is 5.22 Å². The van der Waals surface area contributed by atoms with Gasteiger partial charge in [-0.2, -0.15) is 0 Å². The minimum absolute atomic E-state index is 0.507. The fourth-order valence-corrected chi connectivity index (χ4v) is 2.93. The Bertz CT molecular complexity index is 780. The third kappa shape index (κ3) is 4.73. The number of hydrogen-bond acceptors (Lipinski definition) is 5. The van der Waals surface area contributed by atoms with Gasteiger partial charge in [0.2, 0.25) is 5.89 Å². The van der Waals surface area contributed by atoms with E-state index < -0.39 is 0 Å². The molecule has 0 atom stereocenters. The van der Waals surface area contributed by atoms with Crippen molar-refractivity contribution in [3.8, 4) is 17.2 Å². The standard InChI is InChI=1S/C16H12BrClN2O2S/c17-12-3-1-2-11(10-12)15-19-20-16(22-15)23-9-8-21-14-6-4-13(18)5-7-14/h1-7,10H,8-9H2. The normalized spacial score (nSPS) is 10.7. The first-order valence-corrected chi connectivity index (χ1v) is 8.97. The van der Waals surface area contributed by atoms with E-state index in [1.165, 1.54) is 11.8 Å². The first-order valence-electron chi connectivity index (χ1n) is 6.81. The molecule has 0 aliphatic carbocycles. The van der Waals surface area contributed by atoms with E-state index in [-0.39, 0.29) is 0 Å². The molecule has 0 unspecified atom stereocenters. The second-order valence-electron chi connectivity index (χ2n) is 4.53. The smallest absolute Gasteiger partial charge is 0.276 e. The number of benzene rings is 2. The topological polar surface area (TPSA) is 48.2 Å². The number of thioether (sulfide) groups is 1. The maximum atomic E-state index is 5.83. The zero-order chi connectivity index (χ0) is 16.1. The van der Waals surface area contributed by atoms with E-state index >= 15 is 0 Å². The van der Waals surface area contributed by atoms with Gasteiger partial charge < -0.3 is 9.15 Å². The molecular weight excluding hydrogens is 400 g/mol. The molecule has 1 aromatic heterocycles. The van der Waals surface area contributed by atoms with E-state index in [9.17, 15) is 0 Å². The molecule has 4 nitrogen and oxygen atoms in total. The average molecular weight is 412 g/mol. The van der Waals surface area contributed by atoms with Crippen LogP contribution < -0.4 is 4.74 Å². The highest BCUT2D eigenvalue weighted by Crippen LogP contribution is 2.25. The molecule has 1 heterocycles. The van der Waals surface area contributed by atoms with Gasteiger partial charge in [-0.05, 0) is 42.5 Å². The molecule has 23 heavy (non-hydrogen) atoms. The predicted molar refractivity (Wildman–Crippen MR) is 95.1 cm³/mol. The molecule has 0 aliphatic rings. The van der Waals surface area contributed by atoms with Crippen molar-refractivity contribution in [2.24, 2.45) is 0 Å². The molecule has 0 amide bonds. The Kier molecular flexibility index (Phi) is 5.59. The SMILES string of the molecule is Clc1ccc(OCCSc2nnc(-c3cccc(Br)c3)o2)cc1. The number of halogens is 2. The predicted octanol–water partition coefficient (Wildman–Crippen LogP) is 5.32. The molecule has 0 aliphatic heterocycles. The molecule has 0 saturated heterocycles. The van der Waals surface area contributed by atoms with Crippen molar-refractivity contribution < 1.29 is 9.15 Å². The molecule has 0 saturated carbocycles. The molecule has 118 valence electrons. The zero-order valence-electron chi connectivity index (χ0n) is 11.9. The van der Waals surface area contributed by atoms with Gasteiger partial charge in [-0.3, -0.25) is 0 Å². The van der Waals surface area contributed by atoms with E-state index in [1.807, 2.05) is 36.4 Å². The van der Waals surface area contributed by atoms with Gasteiger partial charge in [-0.1, -0.05) is 45.4 Å². The molecule has 7 heteroatoms. The lowest BCUT2D eigenvalue weighted by Crippen LogP contribution is -1.99. The monoisotopic (exact) mass is 410 g/mol. The van der Waals surface area contributed by atoms with Gasteiger partial charge in [0.05, 0.1) is 6.61 Å². The van der Waals surface area contributed by atoms with E-state index in [0.29, 0.717) is 28.5 Å². The van der Waals surface area contributed by atoms with Crippen LogP contribution in [0.25, 0.3) is 11.5 Å². The van der Waals surface area contributed by atoms with Crippen molar-refractivity contribution in [2.45, 2.75) is 5.22 Å². The molecule has 0 fully saturated rings. The van der Waals surface area contributed by atoms with Crippen molar-refractivity contribution in [2.75, 3.05) is 12.4 Å². The van der Waals surface area contributed by atoms with Gasteiger partial charge in [-0.15, -0.1) is 10.2 Å². The Morgan fingerprint density at radius 3 is 2.74 bits per heavy atom. The van der Waals surface area contributed by atoms with Gasteiger partial charge in [0.1, 0.15) is 5.75 Å². The highest BCUT2D eigenvalue weighted by Gasteiger charge is 2.09. The highest BCUT2D eigenvalue weighted by molar-refractivity contribution is 9.10. The summed E-state index contributed by atoms with van der Waals surface area (Å²) in [5, 5.41) is 9.32. The Morgan fingerprint density at radius 2 is 1.96 bits per heavy atom. The van der Waals surface area contributed by atoms with Crippen LogP contribution in [-0.4, -0.2) is 22.6 Å². The third-order valence-electron chi connectivity index (χ3n) is 2.87. The number of aromatic nitrogens is 2. The second-order valence-corrected chi connectivity index (χ2v) is 6.93. The maximum absolute atomic E-state index is 5.83. The lowest BCUT2D eigenvalue weighted by Gasteiger charge is -2.04. The second kappa shape index (κ2) is 7.86. The first-order chi connectivity index (χ1) is 11.2. The van der Waals surface area contributed by atoms with Gasteiger partial charge in [0.15, 0.2) is 0 Å². The summed E-state index contributed by atoms with van der Waals surface area (Å²) in [6.07, 6.45) is 0. The summed E-state index contributed by atoms with van der Waals surface area (Å²) in [7, 11) is 0. The first kappa shape index (κ1) is 16.4. The molecule has 0 radical (unpaired) electrons. The van der Waals surface area contributed by atoms with Gasteiger partial charge in [-0.25, -0.2) is 0 Å². The van der Waals surface area contributed by atoms with Crippen molar-refractivity contribution in [3.63, 3.8) is 0 Å². The number of ether oxygens (including phenoxy) is 1. The van der Waals surface area contributed by atoms with Crippen LogP contribution in [0, 0.1) is 0 Å². The van der Waals surface area contributed by atoms with E-state index in [2.05, 4.69) is 26.1 Å². The highest BCUT2D eigenvalue weighted by atomic mass is 79.9. The fourth-order valence-electron chi connectivity index (χ4n) is 1.83.